The third-order valence-corrected chi connectivity index (χ3v) is 3.82. The number of hydrogen-bond acceptors (Lipinski definition) is 5. The largest absolute Gasteiger partial charge is 0.481 e. The van der Waals surface area contributed by atoms with Gasteiger partial charge in [-0.2, -0.15) is 10.2 Å². The lowest BCUT2D eigenvalue weighted by Crippen LogP contribution is -2.49. The Hall–Kier alpha value is -2.02. The lowest BCUT2D eigenvalue weighted by atomic mass is 9.85. The van der Waals surface area contributed by atoms with Crippen LogP contribution < -0.4 is 5.32 Å². The van der Waals surface area contributed by atoms with Gasteiger partial charge in [-0.25, -0.2) is 0 Å². The van der Waals surface area contributed by atoms with E-state index in [-0.39, 0.29) is 19.1 Å². The molecule has 2 unspecified atom stereocenters. The molecule has 7 heteroatoms. The van der Waals surface area contributed by atoms with Crippen LogP contribution in [0.1, 0.15) is 35.6 Å². The maximum atomic E-state index is 12.4. The Morgan fingerprint density at radius 1 is 1.52 bits per heavy atom. The maximum absolute atomic E-state index is 12.4. The van der Waals surface area contributed by atoms with Gasteiger partial charge in [-0.3, -0.25) is 9.59 Å². The minimum absolute atomic E-state index is 0.0849. The van der Waals surface area contributed by atoms with Crippen LogP contribution in [0.4, 0.5) is 0 Å². The normalized spacial score (nSPS) is 24.8. The van der Waals surface area contributed by atoms with E-state index < -0.39 is 17.4 Å². The number of aromatic nitrogens is 2. The molecule has 1 aromatic rings. The molecule has 0 saturated carbocycles. The van der Waals surface area contributed by atoms with E-state index in [2.05, 4.69) is 15.5 Å². The molecule has 1 fully saturated rings. The van der Waals surface area contributed by atoms with Crippen molar-refractivity contribution < 1.29 is 19.4 Å². The lowest BCUT2D eigenvalue weighted by molar-refractivity contribution is -0.148. The van der Waals surface area contributed by atoms with Gasteiger partial charge in [0, 0.05) is 0 Å². The van der Waals surface area contributed by atoms with Gasteiger partial charge >= 0.3 is 5.97 Å². The maximum Gasteiger partial charge on any atom is 0.313 e. The average molecular weight is 293 g/mol. The van der Waals surface area contributed by atoms with Crippen molar-refractivity contribution in [3.05, 3.63) is 23.0 Å². The van der Waals surface area contributed by atoms with Crippen LogP contribution in [0.2, 0.25) is 0 Å². The molecule has 2 rings (SSSR count). The molecule has 2 N–H and O–H groups in total. The van der Waals surface area contributed by atoms with Crippen LogP contribution in [-0.4, -0.2) is 46.4 Å². The van der Waals surface area contributed by atoms with Gasteiger partial charge in [0.25, 0.3) is 5.91 Å². The number of aryl methyl sites for hydroxylation is 2. The molecule has 1 aromatic heterocycles. The molecule has 0 radical (unpaired) electrons. The highest BCUT2D eigenvalue weighted by Crippen LogP contribution is 2.29. The number of aliphatic carboxylic acids is 1. The van der Waals surface area contributed by atoms with Gasteiger partial charge in [-0.15, -0.1) is 0 Å². The summed E-state index contributed by atoms with van der Waals surface area (Å²) in [7, 11) is 0. The first-order valence-electron chi connectivity index (χ1n) is 6.83. The summed E-state index contributed by atoms with van der Waals surface area (Å²) < 4.78 is 5.23. The average Bonchev–Trinajstić information content (AvgIpc) is 2.81. The second-order valence-corrected chi connectivity index (χ2v) is 5.46. The molecule has 0 aliphatic carbocycles. The van der Waals surface area contributed by atoms with Crippen molar-refractivity contribution in [3.8, 4) is 0 Å². The van der Waals surface area contributed by atoms with E-state index in [1.807, 2.05) is 6.92 Å². The van der Waals surface area contributed by atoms with Crippen LogP contribution >= 0.6 is 0 Å². The molecule has 1 amide bonds. The minimum atomic E-state index is -1.11. The molecule has 1 saturated heterocycles. The van der Waals surface area contributed by atoms with E-state index in [1.165, 1.54) is 0 Å². The number of carbonyl (C=O) groups excluding carboxylic acids is 1. The number of carboxylic acids is 1. The summed E-state index contributed by atoms with van der Waals surface area (Å²) in [6, 6.07) is 1.09. The fourth-order valence-electron chi connectivity index (χ4n) is 2.29. The summed E-state index contributed by atoms with van der Waals surface area (Å²) >= 11 is 0. The highest BCUT2D eigenvalue weighted by Gasteiger charge is 2.47. The van der Waals surface area contributed by atoms with Gasteiger partial charge < -0.3 is 15.2 Å². The van der Waals surface area contributed by atoms with Gasteiger partial charge in [-0.1, -0.05) is 6.92 Å². The van der Waals surface area contributed by atoms with Crippen LogP contribution in [-0.2, 0) is 16.0 Å². The third kappa shape index (κ3) is 2.87. The molecular weight excluding hydrogens is 274 g/mol. The van der Waals surface area contributed by atoms with E-state index >= 15 is 0 Å². The first-order valence-corrected chi connectivity index (χ1v) is 6.83. The van der Waals surface area contributed by atoms with Crippen LogP contribution in [0.5, 0.6) is 0 Å². The predicted molar refractivity (Wildman–Crippen MR) is 74.0 cm³/mol. The number of carboxylic acid groups (broad SMARTS) is 1. The first-order chi connectivity index (χ1) is 9.88. The van der Waals surface area contributed by atoms with Crippen molar-refractivity contribution in [2.75, 3.05) is 13.2 Å². The minimum Gasteiger partial charge on any atom is -0.481 e. The number of ether oxygens (including phenoxy) is 1. The Morgan fingerprint density at radius 3 is 2.86 bits per heavy atom. The summed E-state index contributed by atoms with van der Waals surface area (Å²) in [6.07, 6.45) is 0.577. The molecular formula is C14H19N3O4. The number of nitrogens with zero attached hydrogens (tertiary/aromatic N) is 2. The van der Waals surface area contributed by atoms with Gasteiger partial charge in [0.1, 0.15) is 5.41 Å². The van der Waals surface area contributed by atoms with Crippen LogP contribution in [0.3, 0.4) is 0 Å². The van der Waals surface area contributed by atoms with Crippen molar-refractivity contribution in [1.82, 2.24) is 15.5 Å². The van der Waals surface area contributed by atoms with Crippen molar-refractivity contribution in [3.63, 3.8) is 0 Å². The topological polar surface area (TPSA) is 101 Å². The molecule has 0 aromatic carbocycles. The number of rotatable bonds is 4. The summed E-state index contributed by atoms with van der Waals surface area (Å²) in [4.78, 5) is 23.8. The molecule has 114 valence electrons. The molecule has 1 aliphatic heterocycles. The Kier molecular flexibility index (Phi) is 4.22. The van der Waals surface area contributed by atoms with Crippen molar-refractivity contribution in [2.24, 2.45) is 5.41 Å². The van der Waals surface area contributed by atoms with Gasteiger partial charge in [-0.05, 0) is 26.3 Å². The quantitative estimate of drug-likeness (QED) is 0.841. The second kappa shape index (κ2) is 5.77. The summed E-state index contributed by atoms with van der Waals surface area (Å²) in [5.74, 6) is -1.32. The Bertz CT molecular complexity index is 575. The fraction of sp³-hybridized carbons (Fsp3) is 0.571. The molecule has 2 atom stereocenters. The van der Waals surface area contributed by atoms with E-state index in [9.17, 15) is 14.7 Å². The molecule has 0 bridgehead atoms. The van der Waals surface area contributed by atoms with Crippen LogP contribution in [0.15, 0.2) is 6.07 Å². The highest BCUT2D eigenvalue weighted by molar-refractivity contribution is 5.96. The van der Waals surface area contributed by atoms with Gasteiger partial charge in [0.15, 0.2) is 0 Å². The SMILES string of the molecule is CCc1nnc(C)cc1C(=O)NC1COCC1(C)C(=O)O. The molecule has 0 spiro atoms. The van der Waals surface area contributed by atoms with Crippen molar-refractivity contribution in [2.45, 2.75) is 33.2 Å². The van der Waals surface area contributed by atoms with E-state index in [1.54, 1.807) is 19.9 Å². The summed E-state index contributed by atoms with van der Waals surface area (Å²) in [6.45, 7) is 5.48. The van der Waals surface area contributed by atoms with Crippen LogP contribution in [0, 0.1) is 12.3 Å². The van der Waals surface area contributed by atoms with E-state index in [0.717, 1.165) is 0 Å². The first kappa shape index (κ1) is 15.4. The number of amides is 1. The standard InChI is InChI=1S/C14H19N3O4/c1-4-10-9(5-8(2)16-17-10)12(18)15-11-6-21-7-14(11,3)13(19)20/h5,11H,4,6-7H2,1-3H3,(H,15,18)(H,19,20). The van der Waals surface area contributed by atoms with Crippen LogP contribution in [0.25, 0.3) is 0 Å². The number of nitrogens with one attached hydrogen (secondary N) is 1. The van der Waals surface area contributed by atoms with Crippen molar-refractivity contribution >= 4 is 11.9 Å². The van der Waals surface area contributed by atoms with E-state index in [4.69, 9.17) is 4.74 Å². The number of hydrogen-bond donors (Lipinski definition) is 2. The van der Waals surface area contributed by atoms with Gasteiger partial charge in [0.2, 0.25) is 0 Å². The summed E-state index contributed by atoms with van der Waals surface area (Å²) in [5.41, 5.74) is 0.553. The van der Waals surface area contributed by atoms with Crippen molar-refractivity contribution in [1.29, 1.82) is 0 Å². The lowest BCUT2D eigenvalue weighted by Gasteiger charge is -2.25. The molecule has 7 nitrogen and oxygen atoms in total. The van der Waals surface area contributed by atoms with Gasteiger partial charge in [0.05, 0.1) is 36.2 Å². The zero-order valence-corrected chi connectivity index (χ0v) is 12.3. The predicted octanol–water partition coefficient (Wildman–Crippen LogP) is 0.567. The third-order valence-electron chi connectivity index (χ3n) is 3.82. The highest BCUT2D eigenvalue weighted by atomic mass is 16.5. The zero-order valence-electron chi connectivity index (χ0n) is 12.3. The zero-order chi connectivity index (χ0) is 15.6. The Labute approximate surface area is 122 Å². The smallest absolute Gasteiger partial charge is 0.313 e. The Morgan fingerprint density at radius 2 is 2.24 bits per heavy atom. The second-order valence-electron chi connectivity index (χ2n) is 5.46. The molecule has 2 heterocycles. The summed E-state index contributed by atoms with van der Waals surface area (Å²) in [5, 5.41) is 20.0. The van der Waals surface area contributed by atoms with E-state index in [0.29, 0.717) is 23.4 Å². The Balaban J connectivity index is 2.22. The number of carbonyl (C=O) groups is 2. The molecule has 21 heavy (non-hydrogen) atoms. The molecule has 1 aliphatic rings. The fourth-order valence-corrected chi connectivity index (χ4v) is 2.29. The monoisotopic (exact) mass is 293 g/mol.